The van der Waals surface area contributed by atoms with Crippen LogP contribution in [0.25, 0.3) is 43.9 Å². The summed E-state index contributed by atoms with van der Waals surface area (Å²) in [6, 6.07) is 4.14. The largest absolute Gasteiger partial charge is 0.524 e. The van der Waals surface area contributed by atoms with Gasteiger partial charge in [-0.05, 0) is 24.3 Å². The van der Waals surface area contributed by atoms with Gasteiger partial charge in [0.15, 0.2) is 33.2 Å². The maximum atomic E-state index is 13.0. The van der Waals surface area contributed by atoms with Gasteiger partial charge in [0.25, 0.3) is 0 Å². The van der Waals surface area contributed by atoms with E-state index in [2.05, 4.69) is 8.83 Å². The maximum absolute atomic E-state index is 13.0. The average Bonchev–Trinajstić information content (AvgIpc) is 2.90. The van der Waals surface area contributed by atoms with E-state index in [-0.39, 0.29) is 43.9 Å². The van der Waals surface area contributed by atoms with Crippen molar-refractivity contribution in [2.45, 2.75) is 0 Å². The summed E-state index contributed by atoms with van der Waals surface area (Å²) in [5.41, 5.74) is -2.69. The van der Waals surface area contributed by atoms with Gasteiger partial charge in [-0.1, -0.05) is 0 Å². The summed E-state index contributed by atoms with van der Waals surface area (Å²) in [4.78, 5) is 71.6. The topological polar surface area (TPSA) is 181 Å². The Bertz CT molecular complexity index is 1650. The van der Waals surface area contributed by atoms with E-state index in [1.807, 2.05) is 0 Å². The zero-order valence-electron chi connectivity index (χ0n) is 14.2. The summed E-state index contributed by atoms with van der Waals surface area (Å²) >= 11 is 0. The molecule has 0 radical (unpaired) electrons. The third kappa shape index (κ3) is 2.55. The molecule has 0 atom stereocenters. The van der Waals surface area contributed by atoms with Crippen molar-refractivity contribution in [3.05, 3.63) is 87.2 Å². The first-order valence-electron chi connectivity index (χ1n) is 7.98. The average molecular weight is 412 g/mol. The predicted molar refractivity (Wildman–Crippen MR) is 96.5 cm³/mol. The van der Waals surface area contributed by atoms with Crippen molar-refractivity contribution in [2.24, 2.45) is 0 Å². The number of hydrogen-bond donors (Lipinski definition) is 0. The van der Waals surface area contributed by atoms with Gasteiger partial charge in [0, 0.05) is 21.5 Å². The van der Waals surface area contributed by atoms with Gasteiger partial charge in [0.2, 0.25) is 0 Å². The highest BCUT2D eigenvalue weighted by Crippen LogP contribution is 2.22. The molecule has 5 aromatic rings. The normalized spacial score (nSPS) is 11.5. The fraction of sp³-hybridized carbons (Fsp3) is 0. The smallest absolute Gasteiger partial charge is 0.391 e. The molecule has 0 spiro atoms. The van der Waals surface area contributed by atoms with E-state index in [0.717, 1.165) is 24.3 Å². The fourth-order valence-corrected chi connectivity index (χ4v) is 3.06. The second kappa shape index (κ2) is 5.88. The molecule has 30 heavy (non-hydrogen) atoms. The Hall–Kier alpha value is -4.74. The zero-order valence-corrected chi connectivity index (χ0v) is 14.2. The Morgan fingerprint density at radius 2 is 0.600 bits per heavy atom. The van der Waals surface area contributed by atoms with Crippen molar-refractivity contribution in [3.63, 3.8) is 0 Å². The van der Waals surface area contributed by atoms with Crippen molar-refractivity contribution in [1.82, 2.24) is 0 Å². The Morgan fingerprint density at radius 1 is 0.367 bits per heavy atom. The van der Waals surface area contributed by atoms with Crippen molar-refractivity contribution in [3.8, 4) is 0 Å². The highest BCUT2D eigenvalue weighted by molar-refractivity contribution is 6.04. The highest BCUT2D eigenvalue weighted by atomic mass is 16.6. The molecule has 0 aliphatic rings. The Morgan fingerprint density at radius 3 is 0.833 bits per heavy atom. The Balaban J connectivity index is 2.07. The molecule has 5 rings (SSSR count). The summed E-state index contributed by atoms with van der Waals surface area (Å²) in [6.07, 6.45) is 0. The second-order valence-corrected chi connectivity index (χ2v) is 5.96. The summed E-state index contributed by atoms with van der Waals surface area (Å²) in [5, 5.41) is -0.703. The van der Waals surface area contributed by atoms with Crippen LogP contribution in [0.1, 0.15) is 0 Å². The Kier molecular flexibility index (Phi) is 3.40. The lowest BCUT2D eigenvalue weighted by atomic mass is 10.0. The molecule has 0 N–H and O–H groups in total. The first-order valence-corrected chi connectivity index (χ1v) is 7.98. The van der Waals surface area contributed by atoms with Gasteiger partial charge < -0.3 is 26.5 Å². The molecule has 12 nitrogen and oxygen atoms in total. The minimum absolute atomic E-state index is 0.176. The number of benzene rings is 3. The third-order valence-corrected chi connectivity index (χ3v) is 4.25. The lowest BCUT2D eigenvalue weighted by Crippen LogP contribution is -2.13. The monoisotopic (exact) mass is 412 g/mol. The highest BCUT2D eigenvalue weighted by Gasteiger charge is 2.16. The van der Waals surface area contributed by atoms with Gasteiger partial charge in [-0.25, -0.2) is 19.2 Å². The van der Waals surface area contributed by atoms with E-state index in [1.54, 1.807) is 0 Å². The summed E-state index contributed by atoms with van der Waals surface area (Å²) in [6.45, 7) is 0. The first-order chi connectivity index (χ1) is 14.3. The van der Waals surface area contributed by atoms with E-state index in [9.17, 15) is 28.8 Å². The molecular weight excluding hydrogens is 408 g/mol. The van der Waals surface area contributed by atoms with Crippen molar-refractivity contribution in [1.29, 1.82) is 0 Å². The van der Waals surface area contributed by atoms with E-state index < -0.39 is 34.1 Å². The van der Waals surface area contributed by atoms with Crippen LogP contribution in [0.5, 0.6) is 0 Å². The maximum Gasteiger partial charge on any atom is 0.524 e. The minimum Gasteiger partial charge on any atom is -0.391 e. The summed E-state index contributed by atoms with van der Waals surface area (Å²) in [5.74, 6) is -5.53. The molecule has 3 aromatic carbocycles. The predicted octanol–water partition coefficient (Wildman–Crippen LogP) is 0.581. The first kappa shape index (κ1) is 17.4. The number of fused-ring (bicyclic) bond motifs is 4. The van der Waals surface area contributed by atoms with E-state index in [1.165, 1.54) is 0 Å². The molecule has 12 heteroatoms. The van der Waals surface area contributed by atoms with Crippen LogP contribution in [0.3, 0.4) is 0 Å². The van der Waals surface area contributed by atoms with Gasteiger partial charge in [-0.2, -0.15) is 0 Å². The van der Waals surface area contributed by atoms with Crippen LogP contribution in [-0.4, -0.2) is 0 Å². The van der Waals surface area contributed by atoms with Crippen LogP contribution in [-0.2, 0) is 0 Å². The van der Waals surface area contributed by atoms with Gasteiger partial charge in [0.05, 0.1) is 0 Å². The Labute approximate surface area is 158 Å². The number of rotatable bonds is 0. The van der Waals surface area contributed by atoms with Crippen molar-refractivity contribution < 1.29 is 26.5 Å². The van der Waals surface area contributed by atoms with Crippen LogP contribution < -0.4 is 34.1 Å². The molecule has 0 unspecified atom stereocenters. The molecule has 2 aromatic heterocycles. The van der Waals surface area contributed by atoms with Crippen LogP contribution in [0.4, 0.5) is 0 Å². The minimum atomic E-state index is -1.38. The molecule has 0 fully saturated rings. The quantitative estimate of drug-likeness (QED) is 0.323. The fourth-order valence-electron chi connectivity index (χ4n) is 3.06. The standard InChI is InChI=1S/C18H4O12/c19-13-5-1-9-10(26-16(22)29-15(21)25-9)2-6(5)14(20)8-4-12-11(3-7(8)13)27-17(23)30-18(24)28-12/h1-4H. The van der Waals surface area contributed by atoms with Crippen molar-refractivity contribution in [2.75, 3.05) is 0 Å². The molecule has 0 amide bonds. The van der Waals surface area contributed by atoms with E-state index >= 15 is 0 Å². The summed E-state index contributed by atoms with van der Waals surface area (Å²) in [7, 11) is 0. The lowest BCUT2D eigenvalue weighted by molar-refractivity contribution is 0.280. The van der Waals surface area contributed by atoms with Crippen LogP contribution >= 0.6 is 0 Å². The second-order valence-electron chi connectivity index (χ2n) is 5.96. The molecule has 2 heterocycles. The zero-order chi connectivity index (χ0) is 21.2. The van der Waals surface area contributed by atoms with Gasteiger partial charge >= 0.3 is 23.3 Å². The van der Waals surface area contributed by atoms with Gasteiger partial charge in [0.1, 0.15) is 0 Å². The molecule has 0 aliphatic carbocycles. The molecule has 0 bridgehead atoms. The molecular formula is C18H4O12. The van der Waals surface area contributed by atoms with E-state index in [4.69, 9.17) is 17.7 Å². The van der Waals surface area contributed by atoms with E-state index in [0.29, 0.717) is 0 Å². The van der Waals surface area contributed by atoms with Crippen LogP contribution in [0.15, 0.2) is 79.5 Å². The van der Waals surface area contributed by atoms with Crippen molar-refractivity contribution >= 4 is 43.9 Å². The number of hydrogen-bond acceptors (Lipinski definition) is 12. The van der Waals surface area contributed by atoms with Crippen LogP contribution in [0.2, 0.25) is 0 Å². The molecule has 0 aliphatic heterocycles. The van der Waals surface area contributed by atoms with Gasteiger partial charge in [-0.3, -0.25) is 9.59 Å². The SMILES string of the molecule is O=c1oc(=O)oc2cc3c(=O)c4cc5oc(=O)oc(=O)oc5cc4c(=O)c3cc2o1. The third-order valence-electron chi connectivity index (χ3n) is 4.25. The van der Waals surface area contributed by atoms with Crippen LogP contribution in [0, 0.1) is 0 Å². The lowest BCUT2D eigenvalue weighted by Gasteiger charge is -2.01. The molecule has 148 valence electrons. The van der Waals surface area contributed by atoms with Gasteiger partial charge in [-0.15, -0.1) is 0 Å². The summed E-state index contributed by atoms with van der Waals surface area (Å²) < 4.78 is 27.5. The molecule has 0 saturated carbocycles. The molecule has 0 saturated heterocycles.